The van der Waals surface area contributed by atoms with E-state index in [0.29, 0.717) is 6.42 Å². The van der Waals surface area contributed by atoms with E-state index in [1.165, 1.54) is 34.8 Å². The van der Waals surface area contributed by atoms with Crippen molar-refractivity contribution in [1.29, 1.82) is 0 Å². The van der Waals surface area contributed by atoms with Gasteiger partial charge in [0.25, 0.3) is 0 Å². The largest absolute Gasteiger partial charge is 0.459 e. The number of aliphatic hydroxyl groups is 4. The number of ketones is 1. The first-order valence-electron chi connectivity index (χ1n) is 19.4. The van der Waals surface area contributed by atoms with Crippen LogP contribution in [0.2, 0.25) is 0 Å². The standard InChI is InChI=1S/C39H69NO14/c1-15-27-39(11,47)32(43)21(4)29(42)19(2)17-37(9,46)34(54-36-31(51-25(8)41)26(40(12)13)16-20(3)49-36)22(5)30(23(6)35(45)52-27)53-28-18-38(10,48-14)33(44)24(7)50-28/h19-24,26-28,30-34,36,43-44,46-47H,15-18H2,1-14H3/t19-,20-,21+,22+,23-,24+,26+,27?,28+,30?,31-,32-,33+,34-,36+,37-,38-,39-/m1/s1. The number of ether oxygens (including phenoxy) is 7. The smallest absolute Gasteiger partial charge is 0.311 e. The van der Waals surface area contributed by atoms with Crippen molar-refractivity contribution in [2.75, 3.05) is 21.2 Å². The molecule has 0 amide bonds. The molecule has 4 N–H and O–H groups in total. The zero-order valence-electron chi connectivity index (χ0n) is 34.8. The van der Waals surface area contributed by atoms with Gasteiger partial charge in [-0.2, -0.15) is 0 Å². The lowest BCUT2D eigenvalue weighted by Gasteiger charge is -2.49. The molecular formula is C39H69NO14. The third-order valence-electron chi connectivity index (χ3n) is 12.1. The minimum Gasteiger partial charge on any atom is -0.459 e. The summed E-state index contributed by atoms with van der Waals surface area (Å²) >= 11 is 0. The number of cyclic esters (lactones) is 1. The van der Waals surface area contributed by atoms with Gasteiger partial charge in [0.1, 0.15) is 23.6 Å². The normalized spacial score (nSPS) is 47.5. The quantitative estimate of drug-likeness (QED) is 0.262. The van der Waals surface area contributed by atoms with Crippen molar-refractivity contribution >= 4 is 17.7 Å². The highest BCUT2D eigenvalue weighted by atomic mass is 16.7. The zero-order chi connectivity index (χ0) is 41.2. The number of likely N-dealkylation sites (N-methyl/N-ethyl adjacent to an activating group) is 1. The fraction of sp³-hybridized carbons (Fsp3) is 0.923. The number of Topliss-reactive ketones (excluding diaryl/α,β-unsaturated/α-hetero) is 1. The van der Waals surface area contributed by atoms with E-state index in [2.05, 4.69) is 0 Å². The molecule has 314 valence electrons. The third kappa shape index (κ3) is 10.2. The van der Waals surface area contributed by atoms with E-state index in [-0.39, 0.29) is 31.4 Å². The van der Waals surface area contributed by atoms with Crippen molar-refractivity contribution in [2.45, 2.75) is 186 Å². The van der Waals surface area contributed by atoms with Gasteiger partial charge >= 0.3 is 11.9 Å². The number of hydrogen-bond donors (Lipinski definition) is 4. The maximum Gasteiger partial charge on any atom is 0.311 e. The molecule has 0 bridgehead atoms. The lowest BCUT2D eigenvalue weighted by Crippen LogP contribution is -2.61. The molecule has 0 saturated carbocycles. The second-order valence-corrected chi connectivity index (χ2v) is 17.1. The molecule has 0 aromatic rings. The first-order valence-corrected chi connectivity index (χ1v) is 19.4. The van der Waals surface area contributed by atoms with E-state index in [4.69, 9.17) is 33.2 Å². The van der Waals surface area contributed by atoms with Gasteiger partial charge in [-0.25, -0.2) is 0 Å². The maximum atomic E-state index is 14.2. The molecule has 0 spiro atoms. The molecule has 54 heavy (non-hydrogen) atoms. The molecule has 3 aliphatic rings. The van der Waals surface area contributed by atoms with E-state index in [1.54, 1.807) is 41.5 Å². The number of carbonyl (C=O) groups is 3. The van der Waals surface area contributed by atoms with Gasteiger partial charge in [-0.1, -0.05) is 27.7 Å². The Labute approximate surface area is 321 Å². The topological polar surface area (TPSA) is 200 Å². The van der Waals surface area contributed by atoms with Crippen LogP contribution in [0.25, 0.3) is 0 Å². The van der Waals surface area contributed by atoms with Crippen LogP contribution in [-0.4, -0.2) is 149 Å². The van der Waals surface area contributed by atoms with Crippen LogP contribution < -0.4 is 0 Å². The molecule has 18 atom stereocenters. The van der Waals surface area contributed by atoms with Gasteiger partial charge in [0.05, 0.1) is 53.7 Å². The van der Waals surface area contributed by atoms with Gasteiger partial charge in [0.15, 0.2) is 18.7 Å². The summed E-state index contributed by atoms with van der Waals surface area (Å²) in [6, 6.07) is -0.320. The molecule has 0 aliphatic carbocycles. The molecule has 3 saturated heterocycles. The van der Waals surface area contributed by atoms with Crippen LogP contribution in [-0.2, 0) is 47.5 Å². The lowest BCUT2D eigenvalue weighted by atomic mass is 9.74. The summed E-state index contributed by atoms with van der Waals surface area (Å²) in [5, 5.41) is 46.5. The summed E-state index contributed by atoms with van der Waals surface area (Å²) in [4.78, 5) is 42.4. The highest BCUT2D eigenvalue weighted by Gasteiger charge is 2.54. The number of nitrogens with zero attached hydrogens (tertiary/aromatic N) is 1. The predicted molar refractivity (Wildman–Crippen MR) is 196 cm³/mol. The Hall–Kier alpha value is -1.79. The Bertz CT molecular complexity index is 1280. The highest BCUT2D eigenvalue weighted by Crippen LogP contribution is 2.41. The highest BCUT2D eigenvalue weighted by molar-refractivity contribution is 5.83. The SMILES string of the molecule is CCC1OC(=O)[C@H](C)C(O[C@H]2C[C@@](C)(OC)[C@@H](O)[C@H](C)O2)[C@H](C)[C@@H](O[C@@H]2O[C@H](C)C[C@H](N(C)C)[C@H]2OC(C)=O)[C@](C)(O)C[C@@H](C)C(=O)[C@H](C)[C@@H](O)[C@]1(C)O. The molecule has 3 aliphatic heterocycles. The van der Waals surface area contributed by atoms with E-state index in [0.717, 1.165) is 0 Å². The second-order valence-electron chi connectivity index (χ2n) is 17.1. The summed E-state index contributed by atoms with van der Waals surface area (Å²) in [7, 11) is 5.19. The second kappa shape index (κ2) is 18.2. The van der Waals surface area contributed by atoms with E-state index < -0.39 is 114 Å². The summed E-state index contributed by atoms with van der Waals surface area (Å²) in [5.74, 6) is -5.68. The van der Waals surface area contributed by atoms with Crippen LogP contribution >= 0.6 is 0 Å². The summed E-state index contributed by atoms with van der Waals surface area (Å²) in [6.45, 7) is 17.6. The molecule has 15 heteroatoms. The third-order valence-corrected chi connectivity index (χ3v) is 12.1. The Kier molecular flexibility index (Phi) is 15.7. The molecule has 0 radical (unpaired) electrons. The summed E-state index contributed by atoms with van der Waals surface area (Å²) in [6.07, 6.45) is -9.80. The van der Waals surface area contributed by atoms with E-state index >= 15 is 0 Å². The van der Waals surface area contributed by atoms with Gasteiger partial charge < -0.3 is 58.5 Å². The van der Waals surface area contributed by atoms with Gasteiger partial charge in [-0.05, 0) is 74.9 Å². The van der Waals surface area contributed by atoms with Crippen LogP contribution in [0.4, 0.5) is 0 Å². The number of aliphatic hydroxyl groups excluding tert-OH is 2. The molecule has 3 rings (SSSR count). The number of carbonyl (C=O) groups excluding carboxylic acids is 3. The van der Waals surface area contributed by atoms with Crippen molar-refractivity contribution in [3.05, 3.63) is 0 Å². The van der Waals surface area contributed by atoms with Crippen molar-refractivity contribution in [2.24, 2.45) is 23.7 Å². The number of hydrogen-bond acceptors (Lipinski definition) is 15. The minimum atomic E-state index is -2.01. The van der Waals surface area contributed by atoms with Crippen LogP contribution in [0, 0.1) is 23.7 Å². The van der Waals surface area contributed by atoms with Crippen molar-refractivity contribution in [3.8, 4) is 0 Å². The maximum absolute atomic E-state index is 14.2. The molecule has 0 aromatic heterocycles. The van der Waals surface area contributed by atoms with Crippen molar-refractivity contribution < 1.29 is 68.0 Å². The Balaban J connectivity index is 2.23. The van der Waals surface area contributed by atoms with Gasteiger partial charge in [0.2, 0.25) is 0 Å². The van der Waals surface area contributed by atoms with E-state index in [1.807, 2.05) is 25.9 Å². The van der Waals surface area contributed by atoms with E-state index in [9.17, 15) is 34.8 Å². The minimum absolute atomic E-state index is 0.0755. The summed E-state index contributed by atoms with van der Waals surface area (Å²) in [5.41, 5.74) is -4.92. The predicted octanol–water partition coefficient (Wildman–Crippen LogP) is 2.36. The first-order chi connectivity index (χ1) is 24.8. The average molecular weight is 776 g/mol. The van der Waals surface area contributed by atoms with Gasteiger partial charge in [0, 0.05) is 38.2 Å². The fourth-order valence-corrected chi connectivity index (χ4v) is 8.71. The Morgan fingerprint density at radius 3 is 2.06 bits per heavy atom. The molecule has 2 unspecified atom stereocenters. The van der Waals surface area contributed by atoms with Crippen LogP contribution in [0.15, 0.2) is 0 Å². The molecule has 15 nitrogen and oxygen atoms in total. The number of rotatable bonds is 8. The average Bonchev–Trinajstić information content (AvgIpc) is 3.08. The number of esters is 2. The Morgan fingerprint density at radius 2 is 1.52 bits per heavy atom. The zero-order valence-corrected chi connectivity index (χ0v) is 34.8. The first kappa shape index (κ1) is 46.6. The monoisotopic (exact) mass is 775 g/mol. The molecular weight excluding hydrogens is 706 g/mol. The molecule has 3 heterocycles. The number of methoxy groups -OCH3 is 1. The van der Waals surface area contributed by atoms with Crippen LogP contribution in [0.1, 0.15) is 102 Å². The lowest BCUT2D eigenvalue weighted by molar-refractivity contribution is -0.318. The molecule has 3 fully saturated rings. The fourth-order valence-electron chi connectivity index (χ4n) is 8.71. The van der Waals surface area contributed by atoms with Crippen LogP contribution in [0.3, 0.4) is 0 Å². The summed E-state index contributed by atoms with van der Waals surface area (Å²) < 4.78 is 43.3. The van der Waals surface area contributed by atoms with Crippen LogP contribution in [0.5, 0.6) is 0 Å². The van der Waals surface area contributed by atoms with Gasteiger partial charge in [-0.3, -0.25) is 14.4 Å². The molecule has 0 aromatic carbocycles. The Morgan fingerprint density at radius 1 is 0.907 bits per heavy atom. The van der Waals surface area contributed by atoms with Crippen molar-refractivity contribution in [1.82, 2.24) is 4.90 Å². The van der Waals surface area contributed by atoms with Crippen molar-refractivity contribution in [3.63, 3.8) is 0 Å². The van der Waals surface area contributed by atoms with Gasteiger partial charge in [-0.15, -0.1) is 0 Å².